The van der Waals surface area contributed by atoms with Gasteiger partial charge in [-0.25, -0.2) is 4.85 Å². The first-order chi connectivity index (χ1) is 6.49. The average Bonchev–Trinajstić information content (AvgIpc) is 2.15. The van der Waals surface area contributed by atoms with Crippen molar-refractivity contribution < 1.29 is 17.9 Å². The lowest BCUT2D eigenvalue weighted by Crippen LogP contribution is -2.04. The molecule has 0 aliphatic heterocycles. The van der Waals surface area contributed by atoms with Crippen LogP contribution >= 0.6 is 0 Å². The molecule has 2 nitrogen and oxygen atoms in total. The fraction of sp³-hybridized carbons (Fsp3) is 0.222. The topological polar surface area (TPSA) is 13.6 Å². The molecule has 74 valence electrons. The van der Waals surface area contributed by atoms with Gasteiger partial charge in [0.05, 0.1) is 19.2 Å². The molecule has 0 radical (unpaired) electrons. The van der Waals surface area contributed by atoms with Crippen LogP contribution in [0.3, 0.4) is 0 Å². The van der Waals surface area contributed by atoms with Crippen molar-refractivity contribution in [1.29, 1.82) is 0 Å². The van der Waals surface area contributed by atoms with Crippen molar-refractivity contribution in [3.05, 3.63) is 35.2 Å². The fourth-order valence-electron chi connectivity index (χ4n) is 0.946. The van der Waals surface area contributed by atoms with Crippen LogP contribution in [0, 0.1) is 6.57 Å². The molecule has 0 saturated carbocycles. The molecule has 0 aliphatic rings. The Morgan fingerprint density at radius 3 is 2.43 bits per heavy atom. The van der Waals surface area contributed by atoms with Crippen molar-refractivity contribution in [2.45, 2.75) is 6.18 Å². The van der Waals surface area contributed by atoms with Gasteiger partial charge < -0.3 is 4.74 Å². The number of benzene rings is 1. The number of ether oxygens (including phenoxy) is 1. The maximum atomic E-state index is 12.2. The highest BCUT2D eigenvalue weighted by Crippen LogP contribution is 2.36. The van der Waals surface area contributed by atoms with Crippen molar-refractivity contribution >= 4 is 5.69 Å². The number of hydrogen-bond donors (Lipinski definition) is 0. The van der Waals surface area contributed by atoms with Crippen molar-refractivity contribution in [3.8, 4) is 5.75 Å². The van der Waals surface area contributed by atoms with E-state index in [4.69, 9.17) is 6.57 Å². The van der Waals surface area contributed by atoms with E-state index in [9.17, 15) is 13.2 Å². The van der Waals surface area contributed by atoms with Crippen LogP contribution in [-0.2, 0) is 6.18 Å². The van der Waals surface area contributed by atoms with Gasteiger partial charge in [-0.3, -0.25) is 0 Å². The molecule has 0 amide bonds. The lowest BCUT2D eigenvalue weighted by atomic mass is 10.2. The van der Waals surface area contributed by atoms with E-state index >= 15 is 0 Å². The summed E-state index contributed by atoms with van der Waals surface area (Å²) in [7, 11) is 1.23. The Morgan fingerprint density at radius 1 is 1.36 bits per heavy atom. The summed E-state index contributed by atoms with van der Waals surface area (Å²) in [5.74, 6) is -0.0603. The maximum Gasteiger partial charge on any atom is 0.416 e. The largest absolute Gasteiger partial charge is 0.508 e. The van der Waals surface area contributed by atoms with Crippen LogP contribution in [0.4, 0.5) is 18.9 Å². The molecule has 5 heteroatoms. The highest BCUT2D eigenvalue weighted by molar-refractivity contribution is 5.58. The standard InChI is InChI=1S/C9H6F3NO/c1-13-7-4-3-6(9(10,11)12)5-8(7)14-2/h3-5H,2H3/i1-1. The van der Waals surface area contributed by atoms with Gasteiger partial charge in [0.2, 0.25) is 5.69 Å². The summed E-state index contributed by atoms with van der Waals surface area (Å²) in [4.78, 5) is 3.02. The Labute approximate surface area is 78.7 Å². The Hall–Kier alpha value is -1.70. The van der Waals surface area contributed by atoms with Crippen LogP contribution in [0.2, 0.25) is 0 Å². The summed E-state index contributed by atoms with van der Waals surface area (Å²) in [5, 5.41) is 0. The highest BCUT2D eigenvalue weighted by atomic mass is 19.4. The SMILES string of the molecule is COc1cc(C(F)(F)F)ccc1[N+]#[11C-]. The molecule has 0 aliphatic carbocycles. The molecule has 0 atom stereocenters. The summed E-state index contributed by atoms with van der Waals surface area (Å²) in [6, 6.07) is 2.76. The quantitative estimate of drug-likeness (QED) is 0.634. The molecule has 0 aromatic heterocycles. The lowest BCUT2D eigenvalue weighted by Gasteiger charge is -2.09. The Bertz CT molecular complexity index is 379. The first-order valence-corrected chi connectivity index (χ1v) is 3.61. The van der Waals surface area contributed by atoms with Crippen LogP contribution in [0.15, 0.2) is 18.2 Å². The van der Waals surface area contributed by atoms with E-state index in [-0.39, 0.29) is 11.4 Å². The molecule has 1 aromatic rings. The minimum Gasteiger partial charge on any atom is -0.508 e. The van der Waals surface area contributed by atoms with E-state index < -0.39 is 11.7 Å². The minimum absolute atomic E-state index is 0.0603. The van der Waals surface area contributed by atoms with Gasteiger partial charge in [0.1, 0.15) is 5.75 Å². The molecule has 0 heterocycles. The molecule has 1 rings (SSSR count). The smallest absolute Gasteiger partial charge is 0.416 e. The van der Waals surface area contributed by atoms with Crippen molar-refractivity contribution in [3.63, 3.8) is 0 Å². The summed E-state index contributed by atoms with van der Waals surface area (Å²) < 4.78 is 41.3. The first kappa shape index (κ1) is 10.4. The van der Waals surface area contributed by atoms with E-state index in [0.29, 0.717) is 0 Å². The second kappa shape index (κ2) is 3.58. The monoisotopic (exact) mass is 200 g/mol. The van der Waals surface area contributed by atoms with Crippen molar-refractivity contribution in [2.75, 3.05) is 7.11 Å². The molecule has 0 bridgehead atoms. The van der Waals surface area contributed by atoms with Gasteiger partial charge in [0, 0.05) is 0 Å². The van der Waals surface area contributed by atoms with Crippen LogP contribution in [0.25, 0.3) is 4.85 Å². The number of halogens is 3. The van der Waals surface area contributed by atoms with E-state index in [1.54, 1.807) is 0 Å². The number of alkyl halides is 3. The Balaban J connectivity index is 3.23. The molecule has 1 aromatic carbocycles. The third-order valence-corrected chi connectivity index (χ3v) is 1.63. The normalized spacial score (nSPS) is 10.8. The number of methoxy groups -OCH3 is 1. The Kier molecular flexibility index (Phi) is 2.65. The Morgan fingerprint density at radius 2 is 2.00 bits per heavy atom. The fourth-order valence-corrected chi connectivity index (χ4v) is 0.946. The second-order valence-corrected chi connectivity index (χ2v) is 2.50. The predicted octanol–water partition coefficient (Wildman–Crippen LogP) is 3.26. The zero-order valence-electron chi connectivity index (χ0n) is 7.22. The van der Waals surface area contributed by atoms with Crippen molar-refractivity contribution in [1.82, 2.24) is 0 Å². The molecule has 0 saturated heterocycles. The first-order valence-electron chi connectivity index (χ1n) is 3.61. The lowest BCUT2D eigenvalue weighted by molar-refractivity contribution is -0.137. The molecule has 0 N–H and O–H groups in total. The average molecular weight is 200 g/mol. The number of rotatable bonds is 1. The summed E-state index contributed by atoms with van der Waals surface area (Å²) in [6.45, 7) is 6.68. The third kappa shape index (κ3) is 1.96. The zero-order chi connectivity index (χ0) is 10.8. The number of nitrogens with zero attached hydrogens (tertiary/aromatic N) is 1. The highest BCUT2D eigenvalue weighted by Gasteiger charge is 2.31. The van der Waals surface area contributed by atoms with E-state index in [0.717, 1.165) is 18.2 Å². The van der Waals surface area contributed by atoms with Crippen molar-refractivity contribution in [2.24, 2.45) is 0 Å². The predicted molar refractivity (Wildman–Crippen MR) is 44.3 cm³/mol. The van der Waals surface area contributed by atoms with Gasteiger partial charge in [-0.05, 0) is 6.07 Å². The zero-order valence-corrected chi connectivity index (χ0v) is 7.22. The maximum absolute atomic E-state index is 12.2. The van der Waals surface area contributed by atoms with Gasteiger partial charge in [0.25, 0.3) is 0 Å². The summed E-state index contributed by atoms with van der Waals surface area (Å²) in [5.41, 5.74) is -0.748. The molecular weight excluding hydrogens is 194 g/mol. The summed E-state index contributed by atoms with van der Waals surface area (Å²) >= 11 is 0. The van der Waals surface area contributed by atoms with Gasteiger partial charge in [0.15, 0.2) is 0 Å². The van der Waals surface area contributed by atoms with Gasteiger partial charge in [-0.2, -0.15) is 13.2 Å². The van der Waals surface area contributed by atoms with Crippen LogP contribution in [-0.4, -0.2) is 7.11 Å². The molecular formula is C9H6F3NO. The molecule has 14 heavy (non-hydrogen) atoms. The van der Waals surface area contributed by atoms with E-state index in [1.165, 1.54) is 7.11 Å². The molecule has 0 fully saturated rings. The van der Waals surface area contributed by atoms with E-state index in [1.807, 2.05) is 0 Å². The van der Waals surface area contributed by atoms with Crippen LogP contribution < -0.4 is 4.74 Å². The van der Waals surface area contributed by atoms with Crippen LogP contribution in [0.1, 0.15) is 5.56 Å². The van der Waals surface area contributed by atoms with Gasteiger partial charge in [-0.15, -0.1) is 0 Å². The summed E-state index contributed by atoms with van der Waals surface area (Å²) in [6.07, 6.45) is -4.41. The van der Waals surface area contributed by atoms with Gasteiger partial charge in [-0.1, -0.05) is 12.1 Å². The minimum atomic E-state index is -4.41. The molecule has 0 spiro atoms. The second-order valence-electron chi connectivity index (χ2n) is 2.50. The number of hydrogen-bond acceptors (Lipinski definition) is 1. The van der Waals surface area contributed by atoms with Gasteiger partial charge >= 0.3 is 6.18 Å². The van der Waals surface area contributed by atoms with E-state index in [2.05, 4.69) is 9.58 Å². The van der Waals surface area contributed by atoms with Crippen LogP contribution in [0.5, 0.6) is 5.75 Å². The third-order valence-electron chi connectivity index (χ3n) is 1.63. The molecule has 0 unspecified atom stereocenters.